The molecule has 1 aliphatic heterocycles. The van der Waals surface area contributed by atoms with Gasteiger partial charge in [-0.3, -0.25) is 14.5 Å². The number of esters is 1. The van der Waals surface area contributed by atoms with Crippen LogP contribution in [0.1, 0.15) is 73.7 Å². The van der Waals surface area contributed by atoms with Crippen molar-refractivity contribution in [2.24, 2.45) is 11.8 Å². The molecule has 2 aliphatic carbocycles. The molecule has 0 spiro atoms. The number of piperidine rings is 1. The molecule has 6 rings (SSSR count). The van der Waals surface area contributed by atoms with Crippen molar-refractivity contribution in [2.75, 3.05) is 49.8 Å². The summed E-state index contributed by atoms with van der Waals surface area (Å²) in [6.07, 6.45) is 8.65. The first-order valence-electron chi connectivity index (χ1n) is 16.4. The largest absolute Gasteiger partial charge is 0.497 e. The fourth-order valence-corrected chi connectivity index (χ4v) is 6.31. The highest BCUT2D eigenvalue weighted by atomic mass is 19.1. The molecular formula is C36H43FN4O5. The lowest BCUT2D eigenvalue weighted by molar-refractivity contribution is -0.143. The minimum Gasteiger partial charge on any atom is -0.497 e. The molecule has 1 saturated heterocycles. The zero-order chi connectivity index (χ0) is 32.1. The maximum atomic E-state index is 15.0. The van der Waals surface area contributed by atoms with Crippen LogP contribution in [0.4, 0.5) is 15.9 Å². The summed E-state index contributed by atoms with van der Waals surface area (Å²) in [5, 5.41) is 0. The van der Waals surface area contributed by atoms with Crippen LogP contribution in [-0.4, -0.2) is 67.5 Å². The summed E-state index contributed by atoms with van der Waals surface area (Å²) >= 11 is 0. The molecule has 244 valence electrons. The predicted molar refractivity (Wildman–Crippen MR) is 173 cm³/mol. The highest BCUT2D eigenvalue weighted by Crippen LogP contribution is 2.45. The molecule has 3 aromatic rings. The summed E-state index contributed by atoms with van der Waals surface area (Å²) in [6.45, 7) is 4.19. The highest BCUT2D eigenvalue weighted by Gasteiger charge is 2.46. The van der Waals surface area contributed by atoms with Crippen LogP contribution in [0.25, 0.3) is 0 Å². The molecule has 3 fully saturated rings. The normalized spacial score (nSPS) is 18.0. The quantitative estimate of drug-likeness (QED) is 0.190. The third-order valence-corrected chi connectivity index (χ3v) is 9.33. The molecule has 10 heteroatoms. The van der Waals surface area contributed by atoms with E-state index in [0.717, 1.165) is 50.0 Å². The number of nitrogens with zero attached hydrogens (tertiary/aromatic N) is 4. The van der Waals surface area contributed by atoms with Crippen molar-refractivity contribution in [3.63, 3.8) is 0 Å². The van der Waals surface area contributed by atoms with Crippen molar-refractivity contribution in [1.29, 1.82) is 0 Å². The van der Waals surface area contributed by atoms with Crippen molar-refractivity contribution in [3.8, 4) is 11.6 Å². The molecule has 2 saturated carbocycles. The molecule has 0 radical (unpaired) electrons. The van der Waals surface area contributed by atoms with Gasteiger partial charge in [0.15, 0.2) is 0 Å². The molecule has 3 heterocycles. The van der Waals surface area contributed by atoms with E-state index in [1.807, 2.05) is 31.2 Å². The summed E-state index contributed by atoms with van der Waals surface area (Å²) < 4.78 is 32.0. The Morgan fingerprint density at radius 3 is 2.52 bits per heavy atom. The third kappa shape index (κ3) is 7.77. The Labute approximate surface area is 270 Å². The third-order valence-electron chi connectivity index (χ3n) is 9.33. The van der Waals surface area contributed by atoms with Crippen LogP contribution < -0.4 is 19.3 Å². The van der Waals surface area contributed by atoms with E-state index >= 15 is 4.39 Å². The fourth-order valence-electron chi connectivity index (χ4n) is 6.31. The van der Waals surface area contributed by atoms with E-state index in [1.165, 1.54) is 4.90 Å². The van der Waals surface area contributed by atoms with Gasteiger partial charge in [-0.05, 0) is 99.1 Å². The van der Waals surface area contributed by atoms with Gasteiger partial charge < -0.3 is 19.1 Å². The zero-order valence-electron chi connectivity index (χ0n) is 26.7. The Kier molecular flexibility index (Phi) is 9.70. The molecule has 1 atom stereocenters. The predicted octanol–water partition coefficient (Wildman–Crippen LogP) is 6.38. The molecule has 0 N–H and O–H groups in total. The van der Waals surface area contributed by atoms with Crippen LogP contribution in [-0.2, 0) is 9.53 Å². The van der Waals surface area contributed by atoms with Gasteiger partial charge in [0.25, 0.3) is 5.91 Å². The monoisotopic (exact) mass is 630 g/mol. The number of anilines is 2. The first kappa shape index (κ1) is 31.8. The van der Waals surface area contributed by atoms with Crippen molar-refractivity contribution in [1.82, 2.24) is 9.97 Å². The number of hydrogen-bond acceptors (Lipinski definition) is 8. The lowest BCUT2D eigenvalue weighted by atomic mass is 9.92. The number of alkyl halides is 1. The maximum Gasteiger partial charge on any atom is 0.306 e. The Morgan fingerprint density at radius 2 is 1.85 bits per heavy atom. The second kappa shape index (κ2) is 14.1. The Hall–Kier alpha value is -4.21. The topological polar surface area (TPSA) is 94.1 Å². The van der Waals surface area contributed by atoms with Crippen LogP contribution in [0.15, 0.2) is 60.9 Å². The smallest absolute Gasteiger partial charge is 0.306 e. The van der Waals surface area contributed by atoms with E-state index in [1.54, 1.807) is 43.8 Å². The molecule has 46 heavy (non-hydrogen) atoms. The highest BCUT2D eigenvalue weighted by molar-refractivity contribution is 6.09. The number of rotatable bonds is 14. The van der Waals surface area contributed by atoms with Crippen molar-refractivity contribution < 1.29 is 28.2 Å². The number of halogens is 1. The maximum absolute atomic E-state index is 15.0. The number of carbonyl (C=O) groups is 2. The van der Waals surface area contributed by atoms with Crippen LogP contribution in [0, 0.1) is 11.8 Å². The van der Waals surface area contributed by atoms with Gasteiger partial charge in [-0.15, -0.1) is 0 Å². The zero-order valence-corrected chi connectivity index (χ0v) is 26.7. The summed E-state index contributed by atoms with van der Waals surface area (Å²) in [5.74, 6) is 2.18. The van der Waals surface area contributed by atoms with Crippen LogP contribution in [0.3, 0.4) is 0 Å². The second-order valence-electron chi connectivity index (χ2n) is 12.7. The van der Waals surface area contributed by atoms with Gasteiger partial charge in [0.1, 0.15) is 17.2 Å². The van der Waals surface area contributed by atoms with Crippen molar-refractivity contribution in [2.45, 2.75) is 63.5 Å². The fraction of sp³-hybridized carbons (Fsp3) is 0.500. The van der Waals surface area contributed by atoms with Gasteiger partial charge in [-0.1, -0.05) is 6.07 Å². The van der Waals surface area contributed by atoms with E-state index in [4.69, 9.17) is 14.2 Å². The minimum atomic E-state index is -1.37. The summed E-state index contributed by atoms with van der Waals surface area (Å²) in [4.78, 5) is 38.8. The first-order chi connectivity index (χ1) is 22.4. The number of aromatic nitrogens is 2. The number of ether oxygens (including phenoxy) is 3. The van der Waals surface area contributed by atoms with Gasteiger partial charge in [0.05, 0.1) is 44.5 Å². The van der Waals surface area contributed by atoms with E-state index in [-0.39, 0.29) is 24.3 Å². The Bertz CT molecular complexity index is 1510. The number of amides is 1. The van der Waals surface area contributed by atoms with Gasteiger partial charge in [-0.2, -0.15) is 0 Å². The second-order valence-corrected chi connectivity index (χ2v) is 12.7. The summed E-state index contributed by atoms with van der Waals surface area (Å²) in [7, 11) is 1.61. The number of benzene rings is 1. The number of carbonyl (C=O) groups excluding carboxylic acids is 2. The van der Waals surface area contributed by atoms with Gasteiger partial charge in [0, 0.05) is 37.6 Å². The molecule has 9 nitrogen and oxygen atoms in total. The molecule has 3 aliphatic rings. The molecule has 0 bridgehead atoms. The molecule has 1 unspecified atom stereocenters. The Balaban J connectivity index is 1.11. The van der Waals surface area contributed by atoms with E-state index in [9.17, 15) is 9.59 Å². The lowest BCUT2D eigenvalue weighted by Gasteiger charge is -2.35. The van der Waals surface area contributed by atoms with Crippen molar-refractivity contribution >= 4 is 23.4 Å². The molecule has 2 aromatic heterocycles. The van der Waals surface area contributed by atoms with Crippen LogP contribution in [0.2, 0.25) is 0 Å². The van der Waals surface area contributed by atoms with Gasteiger partial charge >= 0.3 is 5.97 Å². The van der Waals surface area contributed by atoms with E-state index in [2.05, 4.69) is 14.9 Å². The average Bonchev–Trinajstić information content (AvgIpc) is 4.04. The van der Waals surface area contributed by atoms with Gasteiger partial charge in [0.2, 0.25) is 5.88 Å². The number of hydrogen-bond donors (Lipinski definition) is 0. The molecule has 1 aromatic carbocycles. The average molecular weight is 631 g/mol. The summed E-state index contributed by atoms with van der Waals surface area (Å²) in [6, 6.07) is 14.7. The lowest BCUT2D eigenvalue weighted by Crippen LogP contribution is -2.40. The summed E-state index contributed by atoms with van der Waals surface area (Å²) in [5.41, 5.74) is 0.979. The minimum absolute atomic E-state index is 0.0206. The molecular weight excluding hydrogens is 587 g/mol. The van der Waals surface area contributed by atoms with Crippen molar-refractivity contribution in [3.05, 3.63) is 72.1 Å². The van der Waals surface area contributed by atoms with Gasteiger partial charge in [-0.25, -0.2) is 14.4 Å². The standard InChI is InChI=1S/C36H43FN4O5/c1-3-45-34(42)22-30(26-7-8-26)27-11-17-39-33(20-27)46-23-25-12-18-40(19-13-25)31-21-28(44-2)9-10-29(31)35(43)41(24-36(37)14-15-36)32-6-4-5-16-38-32/h4-6,9-11,16-17,20-21,25-26,30H,3,7-8,12-15,18-19,22-24H2,1-2H3. The Morgan fingerprint density at radius 1 is 1.04 bits per heavy atom. The van der Waals surface area contributed by atoms with Crippen LogP contribution >= 0.6 is 0 Å². The van der Waals surface area contributed by atoms with E-state index < -0.39 is 5.67 Å². The number of methoxy groups -OCH3 is 1. The number of pyridine rings is 2. The van der Waals surface area contributed by atoms with E-state index in [0.29, 0.717) is 67.3 Å². The van der Waals surface area contributed by atoms with Crippen LogP contribution in [0.5, 0.6) is 11.6 Å². The first-order valence-corrected chi connectivity index (χ1v) is 16.4. The SMILES string of the molecule is CCOC(=O)CC(c1ccnc(OCC2CCN(c3cc(OC)ccc3C(=O)N(CC3(F)CC3)c3ccccn3)CC2)c1)C1CC1. The molecule has 1 amide bonds.